The first kappa shape index (κ1) is 69.6. The number of fused-ring (bicyclic) bond motifs is 1. The third kappa shape index (κ3) is 25.1. The zero-order valence-corrected chi connectivity index (χ0v) is 48.8. The number of ether oxygens (including phenoxy) is 3. The van der Waals surface area contributed by atoms with E-state index in [4.69, 9.17) is 19.9 Å². The number of anilines is 1. The summed E-state index contributed by atoms with van der Waals surface area (Å²) in [4.78, 5) is 109. The number of rotatable bonds is 40. The van der Waals surface area contributed by atoms with Gasteiger partial charge in [-0.3, -0.25) is 32.9 Å². The van der Waals surface area contributed by atoms with Crippen molar-refractivity contribution in [3.63, 3.8) is 0 Å². The topological polar surface area (TPSA) is 451 Å². The van der Waals surface area contributed by atoms with Gasteiger partial charge in [-0.25, -0.2) is 19.3 Å². The average molecular weight is 1220 g/mol. The fourth-order valence-corrected chi connectivity index (χ4v) is 12.0. The zero-order chi connectivity index (χ0) is 59.1. The summed E-state index contributed by atoms with van der Waals surface area (Å²) >= 11 is 0.916. The number of nitrogens with one attached hydrogen (secondary N) is 2. The average Bonchev–Trinajstić information content (AvgIpc) is 3.94. The second-order valence-electron chi connectivity index (χ2n) is 20.4. The minimum atomic E-state index is -5.95. The molecule has 2 unspecified atom stereocenters. The summed E-state index contributed by atoms with van der Waals surface area (Å²) in [5.41, 5.74) is 4.04. The summed E-state index contributed by atoms with van der Waals surface area (Å²) in [7, 11) is -17.7. The predicted molar refractivity (Wildman–Crippen MR) is 279 cm³/mol. The van der Waals surface area contributed by atoms with Crippen LogP contribution in [0.25, 0.3) is 11.2 Å². The van der Waals surface area contributed by atoms with Crippen LogP contribution in [-0.2, 0) is 65.0 Å². The number of nitrogens with two attached hydrogens (primary N) is 1. The number of aromatic nitrogens is 4. The summed E-state index contributed by atoms with van der Waals surface area (Å²) in [5, 5.41) is 45.8. The standard InChI is InChI=1S/C47H82N7O22P3S/c1-31-33(56)26-34(57)46(73-31)70-23-18-16-14-12-10-8-6-4-5-7-9-11-13-15-17-19-32(55)25-37(59)80-24-22-49-36(58)20-21-50-44(62)41(61)47(2,3)28-72-79(68,69)76-78(66,67)71-27-35-40(75-77(63,64)65)39(60)45(74-35)54-30-53-38-42(48)51-29-52-43(38)54/h29-31,33-35,39-41,45-46,56-57,60-61H,4-28H2,1-3H3,(H,49,58)(H,50,62)(H,66,67)(H,68,69)(H2,48,51,52)(H2,63,64,65)/p-4/t31-,33+,34+,35+,39+,40+,41-,45+,46+/m0/s1. The molecule has 11 atom stereocenters. The van der Waals surface area contributed by atoms with Crippen molar-refractivity contribution in [1.29, 1.82) is 0 Å². The fourth-order valence-electron chi connectivity index (χ4n) is 8.59. The molecule has 458 valence electrons. The second-order valence-corrected chi connectivity index (χ2v) is 25.6. The number of nitrogen functional groups attached to an aromatic ring is 1. The van der Waals surface area contributed by atoms with Gasteiger partial charge in [0.25, 0.3) is 15.6 Å². The molecule has 80 heavy (non-hydrogen) atoms. The molecule has 4 heterocycles. The molecule has 0 aromatic carbocycles. The SMILES string of the molecule is C[C@@H]1O[C@@H](OCCCCCCCCCCCCCCCCCC(=O)CC(=O)SCCNC(=O)CCNC(=O)[C@H](O)C(C)(C)COP(=O)([O-])OP(=O)([O-])OC[C@H]2O[C@@H](n3cnc4c(N)ncnc43)[C@H](O)[C@@H]2OP(=O)([O-])[O-])[C@H](O)C[C@H]1O. The number of carbonyl (C=O) groups excluding carboxylic acids is 4. The molecular weight excluding hydrogens is 1140 g/mol. The van der Waals surface area contributed by atoms with E-state index in [1.807, 2.05) is 0 Å². The first-order valence-electron chi connectivity index (χ1n) is 26.8. The van der Waals surface area contributed by atoms with E-state index < -0.39 is 103 Å². The number of carbonyl (C=O) groups is 4. The quantitative estimate of drug-likeness (QED) is 0.0280. The van der Waals surface area contributed by atoms with Crippen LogP contribution in [0, 0.1) is 5.41 Å². The largest absolute Gasteiger partial charge is 0.790 e. The summed E-state index contributed by atoms with van der Waals surface area (Å²) in [5.74, 6) is -1.57. The van der Waals surface area contributed by atoms with E-state index in [-0.39, 0.29) is 72.1 Å². The molecule has 2 aliphatic rings. The van der Waals surface area contributed by atoms with Gasteiger partial charge in [-0.1, -0.05) is 109 Å². The Bertz CT molecular complexity index is 2410. The Hall–Kier alpha value is -2.93. The maximum absolute atomic E-state index is 12.7. The number of phosphoric acid groups is 3. The highest BCUT2D eigenvalue weighted by molar-refractivity contribution is 8.13. The van der Waals surface area contributed by atoms with Crippen LogP contribution in [0.4, 0.5) is 5.82 Å². The summed E-state index contributed by atoms with van der Waals surface area (Å²) in [6, 6.07) is 0. The van der Waals surface area contributed by atoms with Gasteiger partial charge >= 0.3 is 0 Å². The van der Waals surface area contributed by atoms with Gasteiger partial charge in [-0.15, -0.1) is 0 Å². The number of ketones is 1. The minimum absolute atomic E-state index is 0.0300. The Morgan fingerprint density at radius 2 is 1.43 bits per heavy atom. The van der Waals surface area contributed by atoms with E-state index in [1.165, 1.54) is 58.8 Å². The molecule has 0 aliphatic carbocycles. The first-order valence-corrected chi connectivity index (χ1v) is 32.2. The lowest BCUT2D eigenvalue weighted by atomic mass is 9.87. The van der Waals surface area contributed by atoms with E-state index in [0.29, 0.717) is 13.0 Å². The molecular formula is C47H78N7O22P3S-4. The fraction of sp³-hybridized carbons (Fsp3) is 0.809. The zero-order valence-electron chi connectivity index (χ0n) is 45.3. The van der Waals surface area contributed by atoms with Crippen molar-refractivity contribution in [3.8, 4) is 0 Å². The van der Waals surface area contributed by atoms with Crippen LogP contribution in [0.1, 0.15) is 149 Å². The molecule has 8 N–H and O–H groups in total. The number of Topliss-reactive ketones (excluding diaryl/α,β-unsaturated/α-hetero) is 1. The number of aliphatic hydroxyl groups is 4. The highest BCUT2D eigenvalue weighted by atomic mass is 32.2. The molecule has 2 aliphatic heterocycles. The molecule has 0 radical (unpaired) electrons. The van der Waals surface area contributed by atoms with Crippen molar-refractivity contribution >= 4 is 74.9 Å². The molecule has 2 fully saturated rings. The monoisotopic (exact) mass is 1220 g/mol. The van der Waals surface area contributed by atoms with E-state index in [2.05, 4.69) is 43.5 Å². The Kier molecular flexibility index (Phi) is 29.7. The van der Waals surface area contributed by atoms with Crippen LogP contribution >= 0.6 is 35.2 Å². The van der Waals surface area contributed by atoms with Crippen molar-refractivity contribution < 1.29 is 105 Å². The van der Waals surface area contributed by atoms with Gasteiger partial charge in [-0.05, 0) is 19.8 Å². The van der Waals surface area contributed by atoms with Gasteiger partial charge in [0.15, 0.2) is 29.1 Å². The molecule has 33 heteroatoms. The van der Waals surface area contributed by atoms with Crippen molar-refractivity contribution in [2.24, 2.45) is 5.41 Å². The van der Waals surface area contributed by atoms with Crippen molar-refractivity contribution in [2.45, 2.75) is 198 Å². The lowest BCUT2D eigenvalue weighted by Gasteiger charge is -2.36. The van der Waals surface area contributed by atoms with Crippen LogP contribution in [-0.4, -0.2) is 150 Å². The molecule has 0 saturated carbocycles. The van der Waals surface area contributed by atoms with Crippen LogP contribution in [0.3, 0.4) is 0 Å². The number of aliphatic hydroxyl groups excluding tert-OH is 4. The van der Waals surface area contributed by atoms with Crippen molar-refractivity contribution in [2.75, 3.05) is 44.4 Å². The highest BCUT2D eigenvalue weighted by Gasteiger charge is 2.47. The summed E-state index contributed by atoms with van der Waals surface area (Å²) < 4.78 is 72.1. The predicted octanol–water partition coefficient (Wildman–Crippen LogP) is 1.21. The number of thioether (sulfide) groups is 1. The molecule has 4 rings (SSSR count). The Balaban J connectivity index is 0.977. The summed E-state index contributed by atoms with van der Waals surface area (Å²) in [6.07, 6.45) is 6.84. The van der Waals surface area contributed by atoms with Gasteiger partial charge in [0.05, 0.1) is 46.0 Å². The molecule has 0 spiro atoms. The van der Waals surface area contributed by atoms with E-state index in [1.54, 1.807) is 6.92 Å². The lowest BCUT2D eigenvalue weighted by molar-refractivity contribution is -0.347. The molecule has 2 amide bonds. The van der Waals surface area contributed by atoms with Crippen molar-refractivity contribution in [3.05, 3.63) is 12.7 Å². The maximum Gasteiger partial charge on any atom is 0.274 e. The van der Waals surface area contributed by atoms with Gasteiger partial charge in [0.2, 0.25) is 11.8 Å². The molecule has 2 aromatic rings. The molecule has 2 aromatic heterocycles. The first-order chi connectivity index (χ1) is 37.7. The van der Waals surface area contributed by atoms with Crippen LogP contribution < -0.4 is 35.9 Å². The van der Waals surface area contributed by atoms with E-state index in [0.717, 1.165) is 80.4 Å². The Labute approximate surface area is 469 Å². The molecule has 2 saturated heterocycles. The highest BCUT2D eigenvalue weighted by Crippen LogP contribution is 2.56. The Morgan fingerprint density at radius 3 is 2.05 bits per heavy atom. The number of imidazole rings is 1. The summed E-state index contributed by atoms with van der Waals surface area (Å²) in [6.45, 7) is 2.21. The van der Waals surface area contributed by atoms with E-state index >= 15 is 0 Å². The van der Waals surface area contributed by atoms with Crippen LogP contribution in [0.2, 0.25) is 0 Å². The second kappa shape index (κ2) is 34.1. The number of hydrogen-bond donors (Lipinski definition) is 7. The van der Waals surface area contributed by atoms with Crippen LogP contribution in [0.15, 0.2) is 12.7 Å². The third-order valence-corrected chi connectivity index (χ3v) is 17.0. The Morgan fingerprint density at radius 1 is 0.825 bits per heavy atom. The molecule has 0 bridgehead atoms. The van der Waals surface area contributed by atoms with E-state index in [9.17, 15) is 72.9 Å². The van der Waals surface area contributed by atoms with Crippen LogP contribution in [0.5, 0.6) is 0 Å². The van der Waals surface area contributed by atoms with Gasteiger partial charge < -0.3 is 88.7 Å². The van der Waals surface area contributed by atoms with Crippen molar-refractivity contribution in [1.82, 2.24) is 30.2 Å². The lowest BCUT2D eigenvalue weighted by Crippen LogP contribution is -2.47. The molecule has 29 nitrogen and oxygen atoms in total. The third-order valence-electron chi connectivity index (χ3n) is 13.2. The number of hydrogen-bond acceptors (Lipinski definition) is 27. The number of unbranched alkanes of at least 4 members (excludes halogenated alkanes) is 14. The number of nitrogens with zero attached hydrogens (tertiary/aromatic N) is 4. The minimum Gasteiger partial charge on any atom is -0.790 e. The number of phosphoric ester groups is 3. The maximum atomic E-state index is 12.7. The number of amides is 2. The smallest absolute Gasteiger partial charge is 0.274 e. The van der Waals surface area contributed by atoms with Gasteiger partial charge in [0.1, 0.15) is 48.1 Å². The normalized spacial score (nSPS) is 23.6. The van der Waals surface area contributed by atoms with Gasteiger partial charge in [0, 0.05) is 50.1 Å². The van der Waals surface area contributed by atoms with Gasteiger partial charge in [-0.2, -0.15) is 0 Å².